The van der Waals surface area contributed by atoms with Gasteiger partial charge in [0.2, 0.25) is 11.5 Å². The third kappa shape index (κ3) is 2.37. The molecule has 8 nitrogen and oxygen atoms in total. The minimum Gasteiger partial charge on any atom is -0.478 e. The van der Waals surface area contributed by atoms with Crippen molar-refractivity contribution in [1.82, 2.24) is 10.3 Å². The van der Waals surface area contributed by atoms with Gasteiger partial charge in [0.15, 0.2) is 0 Å². The largest absolute Gasteiger partial charge is 0.478 e. The first-order valence-electron chi connectivity index (χ1n) is 5.23. The van der Waals surface area contributed by atoms with Crippen LogP contribution in [-0.4, -0.2) is 27.3 Å². The van der Waals surface area contributed by atoms with Gasteiger partial charge in [-0.3, -0.25) is 4.79 Å². The minimum absolute atomic E-state index is 0.101. The van der Waals surface area contributed by atoms with Gasteiger partial charge in [0.25, 0.3) is 5.91 Å². The molecule has 1 heterocycles. The summed E-state index contributed by atoms with van der Waals surface area (Å²) in [4.78, 5) is 22.8. The number of benzene rings is 1. The van der Waals surface area contributed by atoms with Crippen LogP contribution >= 0.6 is 0 Å². The first kappa shape index (κ1) is 12.6. The van der Waals surface area contributed by atoms with E-state index in [4.69, 9.17) is 10.8 Å². The van der Waals surface area contributed by atoms with E-state index in [1.807, 2.05) is 0 Å². The van der Waals surface area contributed by atoms with E-state index >= 15 is 0 Å². The molecule has 19 heavy (non-hydrogen) atoms. The van der Waals surface area contributed by atoms with Crippen molar-refractivity contribution in [2.45, 2.75) is 6.92 Å². The van der Waals surface area contributed by atoms with Crippen LogP contribution in [0.5, 0.6) is 0 Å². The Morgan fingerprint density at radius 3 is 2.68 bits per heavy atom. The molecule has 0 spiro atoms. The van der Waals surface area contributed by atoms with E-state index in [1.54, 1.807) is 13.0 Å². The molecular formula is C11H10N4O4. The number of nitrogen functional groups attached to an aromatic ring is 1. The second-order valence-corrected chi connectivity index (χ2v) is 3.74. The lowest BCUT2D eigenvalue weighted by atomic mass is 10.1. The first-order chi connectivity index (χ1) is 9.00. The summed E-state index contributed by atoms with van der Waals surface area (Å²) in [5.74, 6) is -1.83. The van der Waals surface area contributed by atoms with Gasteiger partial charge in [0, 0.05) is 5.69 Å². The third-order valence-corrected chi connectivity index (χ3v) is 2.54. The van der Waals surface area contributed by atoms with E-state index in [0.29, 0.717) is 11.3 Å². The van der Waals surface area contributed by atoms with Gasteiger partial charge in [-0.2, -0.15) is 0 Å². The molecule has 2 rings (SSSR count). The highest BCUT2D eigenvalue weighted by Crippen LogP contribution is 2.20. The zero-order valence-corrected chi connectivity index (χ0v) is 9.88. The third-order valence-electron chi connectivity index (χ3n) is 2.54. The zero-order valence-electron chi connectivity index (χ0n) is 9.88. The number of carbonyl (C=O) groups excluding carboxylic acids is 1. The second-order valence-electron chi connectivity index (χ2n) is 3.74. The van der Waals surface area contributed by atoms with Crippen molar-refractivity contribution in [3.05, 3.63) is 35.0 Å². The summed E-state index contributed by atoms with van der Waals surface area (Å²) in [6, 6.07) is 4.54. The van der Waals surface area contributed by atoms with Crippen LogP contribution in [0.1, 0.15) is 26.4 Å². The maximum absolute atomic E-state index is 11.8. The van der Waals surface area contributed by atoms with Crippen LogP contribution in [0.4, 0.5) is 11.5 Å². The maximum atomic E-state index is 11.8. The molecule has 0 bridgehead atoms. The van der Waals surface area contributed by atoms with Gasteiger partial charge < -0.3 is 16.2 Å². The van der Waals surface area contributed by atoms with Gasteiger partial charge >= 0.3 is 5.97 Å². The molecule has 0 unspecified atom stereocenters. The minimum atomic E-state index is -1.07. The van der Waals surface area contributed by atoms with E-state index in [2.05, 4.69) is 20.3 Å². The number of nitrogens with two attached hydrogens (primary N) is 1. The molecule has 0 radical (unpaired) electrons. The molecule has 0 saturated heterocycles. The number of aromatic nitrogens is 2. The summed E-state index contributed by atoms with van der Waals surface area (Å²) >= 11 is 0. The number of aromatic carboxylic acids is 1. The van der Waals surface area contributed by atoms with Crippen LogP contribution in [0.2, 0.25) is 0 Å². The average Bonchev–Trinajstić information content (AvgIpc) is 2.77. The molecule has 0 aliphatic rings. The maximum Gasteiger partial charge on any atom is 0.336 e. The van der Waals surface area contributed by atoms with E-state index < -0.39 is 11.9 Å². The fourth-order valence-electron chi connectivity index (χ4n) is 1.54. The summed E-state index contributed by atoms with van der Waals surface area (Å²) < 4.78 is 4.32. The van der Waals surface area contributed by atoms with Crippen molar-refractivity contribution >= 4 is 23.4 Å². The van der Waals surface area contributed by atoms with Crippen molar-refractivity contribution in [2.75, 3.05) is 11.1 Å². The Kier molecular flexibility index (Phi) is 3.15. The number of anilines is 2. The zero-order chi connectivity index (χ0) is 14.0. The molecule has 0 saturated carbocycles. The van der Waals surface area contributed by atoms with Crippen LogP contribution in [0, 0.1) is 6.92 Å². The van der Waals surface area contributed by atoms with Crippen molar-refractivity contribution < 1.29 is 19.3 Å². The summed E-state index contributed by atoms with van der Waals surface area (Å²) in [6.07, 6.45) is 0. The van der Waals surface area contributed by atoms with Gasteiger partial charge in [0.1, 0.15) is 0 Å². The quantitative estimate of drug-likeness (QED) is 0.748. The summed E-state index contributed by atoms with van der Waals surface area (Å²) in [5, 5.41) is 18.1. The Balaban J connectivity index is 2.30. The number of amides is 1. The monoisotopic (exact) mass is 262 g/mol. The number of nitrogens with one attached hydrogen (secondary N) is 1. The topological polar surface area (TPSA) is 131 Å². The smallest absolute Gasteiger partial charge is 0.336 e. The fourth-order valence-corrected chi connectivity index (χ4v) is 1.54. The molecule has 0 atom stereocenters. The number of hydrogen-bond acceptors (Lipinski definition) is 6. The highest BCUT2D eigenvalue weighted by atomic mass is 16.6. The highest BCUT2D eigenvalue weighted by molar-refractivity contribution is 6.06. The molecule has 0 aliphatic carbocycles. The standard InChI is InChI=1S/C11H10N4O4/c1-5-6(11(17)18)3-2-4-7(5)13-10(16)8-9(12)15-19-14-8/h2-4H,1H3,(H2,12,15)(H,13,16)(H,17,18). The van der Waals surface area contributed by atoms with Crippen LogP contribution in [0.25, 0.3) is 0 Å². The number of nitrogens with zero attached hydrogens (tertiary/aromatic N) is 2. The van der Waals surface area contributed by atoms with E-state index in [-0.39, 0.29) is 17.1 Å². The summed E-state index contributed by atoms with van der Waals surface area (Å²) in [6.45, 7) is 1.59. The lowest BCUT2D eigenvalue weighted by molar-refractivity contribution is 0.0695. The summed E-state index contributed by atoms with van der Waals surface area (Å²) in [7, 11) is 0. The molecule has 8 heteroatoms. The summed E-state index contributed by atoms with van der Waals surface area (Å²) in [5.41, 5.74) is 6.12. The number of carboxylic acid groups (broad SMARTS) is 1. The average molecular weight is 262 g/mol. The van der Waals surface area contributed by atoms with Gasteiger partial charge in [-0.05, 0) is 34.9 Å². The van der Waals surface area contributed by atoms with E-state index in [1.165, 1.54) is 12.1 Å². The Hall–Kier alpha value is -2.90. The Bertz CT molecular complexity index is 650. The molecule has 4 N–H and O–H groups in total. The lowest BCUT2D eigenvalue weighted by Crippen LogP contribution is -2.16. The second kappa shape index (κ2) is 4.77. The molecule has 98 valence electrons. The van der Waals surface area contributed by atoms with Crippen molar-refractivity contribution in [3.8, 4) is 0 Å². The van der Waals surface area contributed by atoms with Gasteiger partial charge in [-0.15, -0.1) is 0 Å². The fraction of sp³-hybridized carbons (Fsp3) is 0.0909. The van der Waals surface area contributed by atoms with Crippen molar-refractivity contribution in [2.24, 2.45) is 0 Å². The Morgan fingerprint density at radius 1 is 1.37 bits per heavy atom. The Labute approximate surface area is 107 Å². The van der Waals surface area contributed by atoms with Gasteiger partial charge in [0.05, 0.1) is 5.56 Å². The molecule has 0 aliphatic heterocycles. The van der Waals surface area contributed by atoms with Gasteiger partial charge in [-0.25, -0.2) is 9.42 Å². The van der Waals surface area contributed by atoms with Crippen LogP contribution in [0.3, 0.4) is 0 Å². The number of carboxylic acids is 1. The van der Waals surface area contributed by atoms with Crippen LogP contribution in [-0.2, 0) is 0 Å². The predicted molar refractivity (Wildman–Crippen MR) is 64.8 cm³/mol. The first-order valence-corrected chi connectivity index (χ1v) is 5.23. The van der Waals surface area contributed by atoms with Crippen LogP contribution in [0.15, 0.2) is 22.8 Å². The van der Waals surface area contributed by atoms with E-state index in [0.717, 1.165) is 0 Å². The number of hydrogen-bond donors (Lipinski definition) is 3. The van der Waals surface area contributed by atoms with Crippen molar-refractivity contribution in [1.29, 1.82) is 0 Å². The molecule has 0 fully saturated rings. The molecule has 2 aromatic rings. The molecule has 1 amide bonds. The van der Waals surface area contributed by atoms with Crippen molar-refractivity contribution in [3.63, 3.8) is 0 Å². The molecule has 1 aromatic carbocycles. The number of carbonyl (C=O) groups is 2. The van der Waals surface area contributed by atoms with Gasteiger partial charge in [-0.1, -0.05) is 6.07 Å². The number of rotatable bonds is 3. The molecular weight excluding hydrogens is 252 g/mol. The van der Waals surface area contributed by atoms with Crippen LogP contribution < -0.4 is 11.1 Å². The SMILES string of the molecule is Cc1c(NC(=O)c2nonc2N)cccc1C(=O)O. The van der Waals surface area contributed by atoms with E-state index in [9.17, 15) is 9.59 Å². The molecule has 1 aromatic heterocycles. The highest BCUT2D eigenvalue weighted by Gasteiger charge is 2.18. The predicted octanol–water partition coefficient (Wildman–Crippen LogP) is 0.911. The normalized spacial score (nSPS) is 10.2. The Morgan fingerprint density at radius 2 is 2.11 bits per heavy atom. The lowest BCUT2D eigenvalue weighted by Gasteiger charge is -2.09.